The van der Waals surface area contributed by atoms with E-state index in [0.29, 0.717) is 30.0 Å². The van der Waals surface area contributed by atoms with Crippen LogP contribution in [-0.2, 0) is 4.74 Å². The molecule has 0 bridgehead atoms. The zero-order valence-electron chi connectivity index (χ0n) is 16.3. The summed E-state index contributed by atoms with van der Waals surface area (Å²) in [6, 6.07) is 0.871. The largest absolute Gasteiger partial charge is 0.444 e. The fourth-order valence-electron chi connectivity index (χ4n) is 3.64. The van der Waals surface area contributed by atoms with Crippen molar-refractivity contribution in [1.82, 2.24) is 10.6 Å². The van der Waals surface area contributed by atoms with Crippen LogP contribution in [0, 0.1) is 11.3 Å². The molecule has 136 valence electrons. The lowest BCUT2D eigenvalue weighted by Crippen LogP contribution is -2.47. The molecule has 2 N–H and O–H groups in total. The molecule has 1 amide bonds. The number of hydrogen-bond acceptors (Lipinski definition) is 3. The van der Waals surface area contributed by atoms with E-state index in [1.165, 1.54) is 25.7 Å². The monoisotopic (exact) mass is 326 g/mol. The third-order valence-corrected chi connectivity index (χ3v) is 4.58. The highest BCUT2D eigenvalue weighted by Crippen LogP contribution is 2.41. The summed E-state index contributed by atoms with van der Waals surface area (Å²) in [4.78, 5) is 11.9. The molecular weight excluding hydrogens is 288 g/mol. The zero-order valence-corrected chi connectivity index (χ0v) is 16.3. The maximum Gasteiger partial charge on any atom is 0.407 e. The second-order valence-electron chi connectivity index (χ2n) is 9.04. The Balaban J connectivity index is 2.51. The van der Waals surface area contributed by atoms with E-state index < -0.39 is 5.60 Å². The molecule has 23 heavy (non-hydrogen) atoms. The van der Waals surface area contributed by atoms with Gasteiger partial charge in [0.1, 0.15) is 5.60 Å². The molecular formula is C19H38N2O2. The Hall–Kier alpha value is -0.770. The van der Waals surface area contributed by atoms with Gasteiger partial charge in [0.2, 0.25) is 0 Å². The van der Waals surface area contributed by atoms with Crippen molar-refractivity contribution in [1.29, 1.82) is 0 Å². The van der Waals surface area contributed by atoms with Crippen LogP contribution in [0.5, 0.6) is 0 Å². The number of hydrogen-bond donors (Lipinski definition) is 2. The van der Waals surface area contributed by atoms with Crippen LogP contribution < -0.4 is 10.6 Å². The Morgan fingerprint density at radius 1 is 1.30 bits per heavy atom. The Morgan fingerprint density at radius 3 is 2.43 bits per heavy atom. The summed E-state index contributed by atoms with van der Waals surface area (Å²) in [5, 5.41) is 6.74. The van der Waals surface area contributed by atoms with Gasteiger partial charge < -0.3 is 15.4 Å². The normalized spacial score (nSPS) is 25.2. The van der Waals surface area contributed by atoms with Gasteiger partial charge in [-0.3, -0.25) is 0 Å². The average Bonchev–Trinajstić information content (AvgIpc) is 2.63. The summed E-state index contributed by atoms with van der Waals surface area (Å²) < 4.78 is 5.34. The van der Waals surface area contributed by atoms with Crippen molar-refractivity contribution in [3.8, 4) is 0 Å². The number of alkyl carbamates (subject to hydrolysis) is 1. The van der Waals surface area contributed by atoms with Crippen LogP contribution in [0.15, 0.2) is 0 Å². The lowest BCUT2D eigenvalue weighted by Gasteiger charge is -2.27. The molecule has 0 heterocycles. The van der Waals surface area contributed by atoms with Crippen molar-refractivity contribution in [3.05, 3.63) is 0 Å². The molecule has 0 saturated heterocycles. The predicted octanol–water partition coefficient (Wildman–Crippen LogP) is 4.48. The van der Waals surface area contributed by atoms with E-state index >= 15 is 0 Å². The van der Waals surface area contributed by atoms with Gasteiger partial charge in [-0.25, -0.2) is 4.79 Å². The van der Waals surface area contributed by atoms with Gasteiger partial charge in [-0.15, -0.1) is 0 Å². The van der Waals surface area contributed by atoms with Crippen LogP contribution >= 0.6 is 0 Å². The van der Waals surface area contributed by atoms with Crippen molar-refractivity contribution in [3.63, 3.8) is 0 Å². The number of nitrogens with one attached hydrogen (secondary N) is 2. The fraction of sp³-hybridized carbons (Fsp3) is 0.947. The summed E-state index contributed by atoms with van der Waals surface area (Å²) in [6.07, 6.45) is 5.61. The van der Waals surface area contributed by atoms with Crippen LogP contribution in [0.1, 0.15) is 80.6 Å². The standard InChI is InChI=1S/C19H38N2O2/c1-8-9-10-15(13-20-17(22)23-18(3,4)5)21-16-12-19(6,7)11-14(16)2/h14-16,21H,8-13H2,1-7H3,(H,20,22). The molecule has 0 spiro atoms. The smallest absolute Gasteiger partial charge is 0.407 e. The fourth-order valence-corrected chi connectivity index (χ4v) is 3.64. The molecule has 3 unspecified atom stereocenters. The molecule has 0 aliphatic heterocycles. The molecule has 3 atom stereocenters. The first-order valence-corrected chi connectivity index (χ1v) is 9.25. The number of unbranched alkanes of at least 4 members (excludes halogenated alkanes) is 1. The summed E-state index contributed by atoms with van der Waals surface area (Å²) in [6.45, 7) is 15.6. The van der Waals surface area contributed by atoms with Crippen molar-refractivity contribution in [2.24, 2.45) is 11.3 Å². The maximum atomic E-state index is 11.9. The number of rotatable bonds is 7. The average molecular weight is 327 g/mol. The van der Waals surface area contributed by atoms with Gasteiger partial charge >= 0.3 is 6.09 Å². The minimum atomic E-state index is -0.444. The molecule has 4 heteroatoms. The molecule has 1 aliphatic carbocycles. The highest BCUT2D eigenvalue weighted by Gasteiger charge is 2.37. The molecule has 1 rings (SSSR count). The Bertz CT molecular complexity index is 374. The van der Waals surface area contributed by atoms with E-state index in [2.05, 4.69) is 38.3 Å². The topological polar surface area (TPSA) is 50.4 Å². The molecule has 0 aromatic rings. The van der Waals surface area contributed by atoms with Crippen molar-refractivity contribution in [2.45, 2.75) is 98.3 Å². The first kappa shape index (κ1) is 20.3. The SMILES string of the molecule is CCCCC(CNC(=O)OC(C)(C)C)NC1CC(C)(C)CC1C. The Kier molecular flexibility index (Phi) is 7.37. The Labute approximate surface area is 143 Å². The third-order valence-electron chi connectivity index (χ3n) is 4.58. The van der Waals surface area contributed by atoms with E-state index in [-0.39, 0.29) is 6.09 Å². The molecule has 1 fully saturated rings. The molecule has 1 saturated carbocycles. The zero-order chi connectivity index (χ0) is 17.7. The van der Waals surface area contributed by atoms with Gasteiger partial charge in [0, 0.05) is 18.6 Å². The van der Waals surface area contributed by atoms with Gasteiger partial charge in [0.05, 0.1) is 0 Å². The number of carbonyl (C=O) groups is 1. The predicted molar refractivity (Wildman–Crippen MR) is 96.7 cm³/mol. The first-order valence-electron chi connectivity index (χ1n) is 9.25. The van der Waals surface area contributed by atoms with Crippen LogP contribution in [0.2, 0.25) is 0 Å². The van der Waals surface area contributed by atoms with Crippen molar-refractivity contribution < 1.29 is 9.53 Å². The lowest BCUT2D eigenvalue weighted by molar-refractivity contribution is 0.0520. The summed E-state index contributed by atoms with van der Waals surface area (Å²) >= 11 is 0. The van der Waals surface area contributed by atoms with E-state index in [0.717, 1.165) is 6.42 Å². The van der Waals surface area contributed by atoms with Crippen LogP contribution in [-0.4, -0.2) is 30.3 Å². The third kappa shape index (κ3) is 8.05. The van der Waals surface area contributed by atoms with E-state index in [1.54, 1.807) is 0 Å². The minimum absolute atomic E-state index is 0.319. The highest BCUT2D eigenvalue weighted by atomic mass is 16.6. The number of ether oxygens (including phenoxy) is 1. The van der Waals surface area contributed by atoms with Crippen molar-refractivity contribution in [2.75, 3.05) is 6.54 Å². The molecule has 0 aromatic heterocycles. The van der Waals surface area contributed by atoms with Crippen LogP contribution in [0.3, 0.4) is 0 Å². The van der Waals surface area contributed by atoms with Crippen molar-refractivity contribution >= 4 is 6.09 Å². The summed E-state index contributed by atoms with van der Waals surface area (Å²) in [5.74, 6) is 0.690. The van der Waals surface area contributed by atoms with Gasteiger partial charge in [-0.05, 0) is 51.4 Å². The second kappa shape index (κ2) is 8.36. The van der Waals surface area contributed by atoms with E-state index in [9.17, 15) is 4.79 Å². The molecule has 0 radical (unpaired) electrons. The second-order valence-corrected chi connectivity index (χ2v) is 9.04. The molecule has 1 aliphatic rings. The molecule has 0 aromatic carbocycles. The maximum absolute atomic E-state index is 11.9. The quantitative estimate of drug-likeness (QED) is 0.725. The van der Waals surface area contributed by atoms with Crippen LogP contribution in [0.25, 0.3) is 0 Å². The summed E-state index contributed by atoms with van der Waals surface area (Å²) in [5.41, 5.74) is -0.0224. The minimum Gasteiger partial charge on any atom is -0.444 e. The lowest BCUT2D eigenvalue weighted by atomic mass is 9.91. The first-order chi connectivity index (χ1) is 10.5. The van der Waals surface area contributed by atoms with E-state index in [1.807, 2.05) is 20.8 Å². The van der Waals surface area contributed by atoms with Gasteiger partial charge in [-0.1, -0.05) is 40.5 Å². The van der Waals surface area contributed by atoms with Crippen LogP contribution in [0.4, 0.5) is 4.79 Å². The Morgan fingerprint density at radius 2 is 1.96 bits per heavy atom. The molecule has 4 nitrogen and oxygen atoms in total. The number of amides is 1. The van der Waals surface area contributed by atoms with Gasteiger partial charge in [0.25, 0.3) is 0 Å². The number of carbonyl (C=O) groups excluding carboxylic acids is 1. The summed E-state index contributed by atoms with van der Waals surface area (Å²) in [7, 11) is 0. The highest BCUT2D eigenvalue weighted by molar-refractivity contribution is 5.67. The van der Waals surface area contributed by atoms with Gasteiger partial charge in [-0.2, -0.15) is 0 Å². The van der Waals surface area contributed by atoms with E-state index in [4.69, 9.17) is 4.74 Å². The van der Waals surface area contributed by atoms with Gasteiger partial charge in [0.15, 0.2) is 0 Å².